The third kappa shape index (κ3) is 3.76. The van der Waals surface area contributed by atoms with E-state index in [9.17, 15) is 9.90 Å². The topological polar surface area (TPSA) is 66.6 Å². The van der Waals surface area contributed by atoms with Crippen LogP contribution in [0.1, 0.15) is 40.0 Å². The molecule has 1 fully saturated rings. The molecule has 1 atom stereocenters. The van der Waals surface area contributed by atoms with Crippen molar-refractivity contribution in [1.29, 1.82) is 0 Å². The normalized spacial score (nSPS) is 22.2. The summed E-state index contributed by atoms with van der Waals surface area (Å²) in [5.74, 6) is 0.452. The summed E-state index contributed by atoms with van der Waals surface area (Å²) in [6.45, 7) is 7.18. The number of nitrogens with two attached hydrogens (primary N) is 1. The summed E-state index contributed by atoms with van der Waals surface area (Å²) < 4.78 is 0. The number of carbonyl (C=O) groups is 1. The van der Waals surface area contributed by atoms with Crippen LogP contribution in [0, 0.1) is 5.92 Å². The molecule has 0 radical (unpaired) electrons. The lowest BCUT2D eigenvalue weighted by molar-refractivity contribution is -0.135. The summed E-state index contributed by atoms with van der Waals surface area (Å²) in [5, 5.41) is 9.78. The van der Waals surface area contributed by atoms with E-state index in [1.54, 1.807) is 0 Å². The molecule has 1 aliphatic heterocycles. The SMILES string of the molecule is CC(C)C(N)CC(=O)N1CCC(C)(O)CC1. The van der Waals surface area contributed by atoms with Crippen LogP contribution >= 0.6 is 0 Å². The van der Waals surface area contributed by atoms with E-state index in [2.05, 4.69) is 0 Å². The number of amides is 1. The maximum Gasteiger partial charge on any atom is 0.224 e. The maximum atomic E-state index is 11.9. The minimum Gasteiger partial charge on any atom is -0.390 e. The van der Waals surface area contributed by atoms with E-state index in [-0.39, 0.29) is 11.9 Å². The van der Waals surface area contributed by atoms with Gasteiger partial charge < -0.3 is 15.7 Å². The summed E-state index contributed by atoms with van der Waals surface area (Å²) in [4.78, 5) is 13.7. The van der Waals surface area contributed by atoms with E-state index in [0.29, 0.717) is 38.3 Å². The van der Waals surface area contributed by atoms with Gasteiger partial charge in [-0.05, 0) is 25.7 Å². The highest BCUT2D eigenvalue weighted by Crippen LogP contribution is 2.21. The monoisotopic (exact) mass is 228 g/mol. The molecule has 1 heterocycles. The smallest absolute Gasteiger partial charge is 0.224 e. The van der Waals surface area contributed by atoms with Gasteiger partial charge in [-0.25, -0.2) is 0 Å². The Bertz CT molecular complexity index is 241. The molecule has 3 N–H and O–H groups in total. The van der Waals surface area contributed by atoms with Crippen molar-refractivity contribution >= 4 is 5.91 Å². The summed E-state index contributed by atoms with van der Waals surface area (Å²) in [6, 6.07) is -0.0602. The highest BCUT2D eigenvalue weighted by atomic mass is 16.3. The lowest BCUT2D eigenvalue weighted by Crippen LogP contribution is -2.46. The molecule has 1 amide bonds. The number of hydrogen-bond acceptors (Lipinski definition) is 3. The summed E-state index contributed by atoms with van der Waals surface area (Å²) in [6.07, 6.45) is 1.74. The van der Waals surface area contributed by atoms with Crippen LogP contribution in [0.15, 0.2) is 0 Å². The fraction of sp³-hybridized carbons (Fsp3) is 0.917. The standard InChI is InChI=1S/C12H24N2O2/c1-9(2)10(13)8-11(15)14-6-4-12(3,16)5-7-14/h9-10,16H,4-8,13H2,1-3H3. The van der Waals surface area contributed by atoms with Gasteiger partial charge in [0.1, 0.15) is 0 Å². The van der Waals surface area contributed by atoms with E-state index in [1.807, 2.05) is 25.7 Å². The van der Waals surface area contributed by atoms with Crippen molar-refractivity contribution < 1.29 is 9.90 Å². The van der Waals surface area contributed by atoms with Gasteiger partial charge in [-0.15, -0.1) is 0 Å². The first-order valence-corrected chi connectivity index (χ1v) is 6.07. The number of carbonyl (C=O) groups excluding carboxylic acids is 1. The van der Waals surface area contributed by atoms with Gasteiger partial charge >= 0.3 is 0 Å². The minimum atomic E-state index is -0.600. The molecule has 1 saturated heterocycles. The molecule has 4 heteroatoms. The van der Waals surface area contributed by atoms with Crippen molar-refractivity contribution in [2.45, 2.75) is 51.7 Å². The molecule has 0 aromatic heterocycles. The lowest BCUT2D eigenvalue weighted by atomic mass is 9.93. The third-order valence-corrected chi connectivity index (χ3v) is 3.46. The van der Waals surface area contributed by atoms with Crippen molar-refractivity contribution in [1.82, 2.24) is 4.90 Å². The summed E-state index contributed by atoms with van der Waals surface area (Å²) in [5.41, 5.74) is 5.28. The molecule has 94 valence electrons. The third-order valence-electron chi connectivity index (χ3n) is 3.46. The number of nitrogens with zero attached hydrogens (tertiary/aromatic N) is 1. The molecule has 4 nitrogen and oxygen atoms in total. The Morgan fingerprint density at radius 1 is 1.44 bits per heavy atom. The highest BCUT2D eigenvalue weighted by molar-refractivity contribution is 5.77. The van der Waals surface area contributed by atoms with E-state index in [0.717, 1.165) is 0 Å². The molecule has 1 aliphatic rings. The molecule has 0 saturated carbocycles. The van der Waals surface area contributed by atoms with Crippen LogP contribution in [0.2, 0.25) is 0 Å². The Morgan fingerprint density at radius 3 is 2.38 bits per heavy atom. The Labute approximate surface area is 97.8 Å². The molecule has 0 aliphatic carbocycles. The second kappa shape index (κ2) is 5.15. The van der Waals surface area contributed by atoms with Crippen molar-refractivity contribution in [3.05, 3.63) is 0 Å². The maximum absolute atomic E-state index is 11.9. The molecule has 0 spiro atoms. The molecular formula is C12H24N2O2. The summed E-state index contributed by atoms with van der Waals surface area (Å²) >= 11 is 0. The Kier molecular flexibility index (Phi) is 4.33. The molecule has 0 bridgehead atoms. The number of hydrogen-bond donors (Lipinski definition) is 2. The first-order chi connectivity index (χ1) is 7.32. The first-order valence-electron chi connectivity index (χ1n) is 6.07. The van der Waals surface area contributed by atoms with E-state index >= 15 is 0 Å². The molecule has 16 heavy (non-hydrogen) atoms. The van der Waals surface area contributed by atoms with Gasteiger partial charge in [-0.3, -0.25) is 4.79 Å². The fourth-order valence-electron chi connectivity index (χ4n) is 1.80. The molecule has 0 aromatic carbocycles. The number of piperidine rings is 1. The molecule has 1 rings (SSSR count). The number of likely N-dealkylation sites (tertiary alicyclic amines) is 1. The van der Waals surface area contributed by atoms with Crippen molar-refractivity contribution in [3.63, 3.8) is 0 Å². The minimum absolute atomic E-state index is 0.0602. The Morgan fingerprint density at radius 2 is 1.94 bits per heavy atom. The van der Waals surface area contributed by atoms with E-state index in [1.165, 1.54) is 0 Å². The largest absolute Gasteiger partial charge is 0.390 e. The molecule has 1 unspecified atom stereocenters. The van der Waals surface area contributed by atoms with Crippen molar-refractivity contribution in [2.24, 2.45) is 11.7 Å². The van der Waals surface area contributed by atoms with Gasteiger partial charge in [0.2, 0.25) is 5.91 Å². The van der Waals surface area contributed by atoms with Crippen LogP contribution in [-0.4, -0.2) is 40.6 Å². The van der Waals surface area contributed by atoms with Crippen LogP contribution in [0.3, 0.4) is 0 Å². The number of aliphatic hydroxyl groups is 1. The highest BCUT2D eigenvalue weighted by Gasteiger charge is 2.30. The van der Waals surface area contributed by atoms with Gasteiger partial charge in [0, 0.05) is 25.6 Å². The predicted octanol–water partition coefficient (Wildman–Crippen LogP) is 0.733. The Balaban J connectivity index is 2.39. The lowest BCUT2D eigenvalue weighted by Gasteiger charge is -2.36. The predicted molar refractivity (Wildman–Crippen MR) is 63.9 cm³/mol. The quantitative estimate of drug-likeness (QED) is 0.748. The van der Waals surface area contributed by atoms with Crippen LogP contribution in [0.5, 0.6) is 0 Å². The molecule has 0 aromatic rings. The van der Waals surface area contributed by atoms with Crippen LogP contribution in [-0.2, 0) is 4.79 Å². The van der Waals surface area contributed by atoms with Gasteiger partial charge in [-0.1, -0.05) is 13.8 Å². The average molecular weight is 228 g/mol. The number of rotatable bonds is 3. The van der Waals surface area contributed by atoms with Crippen molar-refractivity contribution in [2.75, 3.05) is 13.1 Å². The second-order valence-electron chi connectivity index (χ2n) is 5.49. The zero-order valence-electron chi connectivity index (χ0n) is 10.6. The zero-order chi connectivity index (χ0) is 12.3. The van der Waals surface area contributed by atoms with Crippen LogP contribution < -0.4 is 5.73 Å². The van der Waals surface area contributed by atoms with Crippen molar-refractivity contribution in [3.8, 4) is 0 Å². The Hall–Kier alpha value is -0.610. The average Bonchev–Trinajstić information content (AvgIpc) is 2.17. The van der Waals surface area contributed by atoms with Gasteiger partial charge in [0.25, 0.3) is 0 Å². The second-order valence-corrected chi connectivity index (χ2v) is 5.49. The van der Waals surface area contributed by atoms with Gasteiger partial charge in [-0.2, -0.15) is 0 Å². The van der Waals surface area contributed by atoms with Crippen LogP contribution in [0.4, 0.5) is 0 Å². The first kappa shape index (κ1) is 13.5. The molecular weight excluding hydrogens is 204 g/mol. The van der Waals surface area contributed by atoms with Gasteiger partial charge in [0.05, 0.1) is 5.60 Å². The summed E-state index contributed by atoms with van der Waals surface area (Å²) in [7, 11) is 0. The van der Waals surface area contributed by atoms with Crippen LogP contribution in [0.25, 0.3) is 0 Å². The van der Waals surface area contributed by atoms with E-state index in [4.69, 9.17) is 5.73 Å². The fourth-order valence-corrected chi connectivity index (χ4v) is 1.80. The zero-order valence-corrected chi connectivity index (χ0v) is 10.6. The van der Waals surface area contributed by atoms with Gasteiger partial charge in [0.15, 0.2) is 0 Å². The van der Waals surface area contributed by atoms with E-state index < -0.39 is 5.60 Å².